The van der Waals surface area contributed by atoms with Crippen molar-refractivity contribution >= 4 is 0 Å². The summed E-state index contributed by atoms with van der Waals surface area (Å²) in [5.41, 5.74) is -0.375. The number of likely N-dealkylation sites (N-methyl/N-ethyl adjacent to an activating group) is 1. The minimum Gasteiger partial charge on any atom is -0.308 e. The molecule has 1 atom stereocenters. The van der Waals surface area contributed by atoms with E-state index in [0.717, 1.165) is 45.6 Å². The maximum Gasteiger partial charge on any atom is 0.103 e. The first-order chi connectivity index (χ1) is 9.33. The zero-order chi connectivity index (χ0) is 15.6. The Morgan fingerprint density at radius 2 is 1.85 bits per heavy atom. The molecule has 0 spiro atoms. The average Bonchev–Trinajstić information content (AvgIpc) is 2.35. The normalized spacial score (nSPS) is 14.8. The van der Waals surface area contributed by atoms with E-state index in [9.17, 15) is 5.26 Å². The van der Waals surface area contributed by atoms with Crippen LogP contribution >= 0.6 is 0 Å². The Bertz CT molecular complexity index is 283. The van der Waals surface area contributed by atoms with Crippen LogP contribution < -0.4 is 5.32 Å². The van der Waals surface area contributed by atoms with Crippen LogP contribution in [0.4, 0.5) is 0 Å². The zero-order valence-corrected chi connectivity index (χ0v) is 14.4. The molecular formula is C16H34N4. The minimum absolute atomic E-state index is 0.375. The maximum absolute atomic E-state index is 9.27. The Morgan fingerprint density at radius 3 is 2.30 bits per heavy atom. The Hall–Kier alpha value is -0.630. The van der Waals surface area contributed by atoms with Gasteiger partial charge in [0.25, 0.3) is 0 Å². The van der Waals surface area contributed by atoms with Crippen molar-refractivity contribution in [3.8, 4) is 6.07 Å². The fraction of sp³-hybridized carbons (Fsp3) is 0.938. The SMILES string of the molecule is CCNC(C)(C#N)CCCN(CCN(C)C)CC(C)C. The van der Waals surface area contributed by atoms with Crippen LogP contribution in [0.3, 0.4) is 0 Å². The molecule has 0 aromatic rings. The molecule has 0 aliphatic heterocycles. The van der Waals surface area contributed by atoms with Crippen molar-refractivity contribution in [1.82, 2.24) is 15.1 Å². The number of hydrogen-bond donors (Lipinski definition) is 1. The van der Waals surface area contributed by atoms with Crippen molar-refractivity contribution in [2.75, 3.05) is 46.8 Å². The zero-order valence-electron chi connectivity index (χ0n) is 14.4. The highest BCUT2D eigenvalue weighted by atomic mass is 15.2. The molecule has 0 amide bonds. The lowest BCUT2D eigenvalue weighted by Crippen LogP contribution is -2.42. The lowest BCUT2D eigenvalue weighted by Gasteiger charge is -2.28. The average molecular weight is 282 g/mol. The Morgan fingerprint density at radius 1 is 1.20 bits per heavy atom. The molecule has 4 nitrogen and oxygen atoms in total. The van der Waals surface area contributed by atoms with Crippen LogP contribution in [0.15, 0.2) is 0 Å². The maximum atomic E-state index is 9.27. The standard InChI is InChI=1S/C16H34N4/c1-7-18-16(4,14-17)9-8-10-20(13-15(2)3)12-11-19(5)6/h15,18H,7-13H2,1-6H3. The van der Waals surface area contributed by atoms with Crippen molar-refractivity contribution in [2.24, 2.45) is 5.92 Å². The third kappa shape index (κ3) is 9.30. The first kappa shape index (κ1) is 19.4. The molecular weight excluding hydrogens is 248 g/mol. The molecule has 0 aliphatic carbocycles. The van der Waals surface area contributed by atoms with E-state index in [1.54, 1.807) is 0 Å². The first-order valence-corrected chi connectivity index (χ1v) is 7.86. The van der Waals surface area contributed by atoms with E-state index < -0.39 is 0 Å². The highest BCUT2D eigenvalue weighted by Gasteiger charge is 2.22. The predicted octanol–water partition coefficient (Wildman–Crippen LogP) is 2.18. The smallest absolute Gasteiger partial charge is 0.103 e. The summed E-state index contributed by atoms with van der Waals surface area (Å²) >= 11 is 0. The largest absolute Gasteiger partial charge is 0.308 e. The Labute approximate surface area is 126 Å². The van der Waals surface area contributed by atoms with Crippen LogP contribution in [0.5, 0.6) is 0 Å². The van der Waals surface area contributed by atoms with E-state index in [4.69, 9.17) is 0 Å². The van der Waals surface area contributed by atoms with Crippen LogP contribution in [0, 0.1) is 17.2 Å². The molecule has 1 N–H and O–H groups in total. The van der Waals surface area contributed by atoms with Gasteiger partial charge < -0.3 is 9.80 Å². The van der Waals surface area contributed by atoms with E-state index in [-0.39, 0.29) is 5.54 Å². The van der Waals surface area contributed by atoms with Gasteiger partial charge in [-0.2, -0.15) is 5.26 Å². The Balaban J connectivity index is 4.21. The number of nitriles is 1. The second kappa shape index (κ2) is 10.1. The molecule has 0 bridgehead atoms. The van der Waals surface area contributed by atoms with Gasteiger partial charge in [-0.25, -0.2) is 0 Å². The molecule has 0 aromatic carbocycles. The van der Waals surface area contributed by atoms with Crippen LogP contribution in [0.1, 0.15) is 40.5 Å². The molecule has 0 fully saturated rings. The summed E-state index contributed by atoms with van der Waals surface area (Å²) in [4.78, 5) is 4.75. The van der Waals surface area contributed by atoms with Gasteiger partial charge in [0.05, 0.1) is 6.07 Å². The van der Waals surface area contributed by atoms with Crippen molar-refractivity contribution in [1.29, 1.82) is 5.26 Å². The lowest BCUT2D eigenvalue weighted by molar-refractivity contribution is 0.210. The molecule has 1 unspecified atom stereocenters. The number of hydrogen-bond acceptors (Lipinski definition) is 4. The second-order valence-corrected chi connectivity index (χ2v) is 6.58. The highest BCUT2D eigenvalue weighted by molar-refractivity contribution is 5.03. The number of nitrogens with one attached hydrogen (secondary N) is 1. The van der Waals surface area contributed by atoms with Crippen molar-refractivity contribution < 1.29 is 0 Å². The lowest BCUT2D eigenvalue weighted by atomic mass is 9.97. The van der Waals surface area contributed by atoms with Crippen LogP contribution in [-0.2, 0) is 0 Å². The van der Waals surface area contributed by atoms with Gasteiger partial charge in [-0.05, 0) is 52.9 Å². The van der Waals surface area contributed by atoms with E-state index >= 15 is 0 Å². The Kier molecular flexibility index (Phi) is 9.83. The van der Waals surface area contributed by atoms with Gasteiger partial charge in [0.1, 0.15) is 5.54 Å². The van der Waals surface area contributed by atoms with Crippen LogP contribution in [-0.4, -0.2) is 62.2 Å². The summed E-state index contributed by atoms with van der Waals surface area (Å²) in [7, 11) is 4.23. The van der Waals surface area contributed by atoms with Gasteiger partial charge in [-0.3, -0.25) is 5.32 Å². The molecule has 118 valence electrons. The molecule has 0 aliphatic rings. The molecule has 20 heavy (non-hydrogen) atoms. The van der Waals surface area contributed by atoms with Crippen molar-refractivity contribution in [3.05, 3.63) is 0 Å². The molecule has 4 heteroatoms. The summed E-state index contributed by atoms with van der Waals surface area (Å²) in [6, 6.07) is 2.41. The predicted molar refractivity (Wildman–Crippen MR) is 86.8 cm³/mol. The molecule has 0 rings (SSSR count). The van der Waals surface area contributed by atoms with Crippen LogP contribution in [0.2, 0.25) is 0 Å². The molecule has 0 saturated carbocycles. The third-order valence-electron chi connectivity index (χ3n) is 3.45. The summed E-state index contributed by atoms with van der Waals surface area (Å²) < 4.78 is 0. The van der Waals surface area contributed by atoms with E-state index in [1.165, 1.54) is 0 Å². The summed E-state index contributed by atoms with van der Waals surface area (Å²) in [5, 5.41) is 12.6. The third-order valence-corrected chi connectivity index (χ3v) is 3.45. The van der Waals surface area contributed by atoms with Crippen LogP contribution in [0.25, 0.3) is 0 Å². The minimum atomic E-state index is -0.375. The molecule has 0 saturated heterocycles. The topological polar surface area (TPSA) is 42.3 Å². The first-order valence-electron chi connectivity index (χ1n) is 7.86. The van der Waals surface area contributed by atoms with Gasteiger partial charge in [-0.1, -0.05) is 20.8 Å². The van der Waals surface area contributed by atoms with Gasteiger partial charge in [0.15, 0.2) is 0 Å². The van der Waals surface area contributed by atoms with Gasteiger partial charge in [0, 0.05) is 19.6 Å². The molecule has 0 heterocycles. The fourth-order valence-corrected chi connectivity index (χ4v) is 2.38. The van der Waals surface area contributed by atoms with Gasteiger partial charge in [0.2, 0.25) is 0 Å². The number of rotatable bonds is 11. The van der Waals surface area contributed by atoms with Gasteiger partial charge in [-0.15, -0.1) is 0 Å². The van der Waals surface area contributed by atoms with Gasteiger partial charge >= 0.3 is 0 Å². The molecule has 0 aromatic heterocycles. The van der Waals surface area contributed by atoms with E-state index in [1.807, 2.05) is 6.92 Å². The van der Waals surface area contributed by atoms with Crippen molar-refractivity contribution in [3.63, 3.8) is 0 Å². The van der Waals surface area contributed by atoms with E-state index in [0.29, 0.717) is 5.92 Å². The highest BCUT2D eigenvalue weighted by Crippen LogP contribution is 2.12. The molecule has 0 radical (unpaired) electrons. The monoisotopic (exact) mass is 282 g/mol. The van der Waals surface area contributed by atoms with E-state index in [2.05, 4.69) is 56.1 Å². The summed E-state index contributed by atoms with van der Waals surface area (Å²) in [6.07, 6.45) is 1.98. The fourth-order valence-electron chi connectivity index (χ4n) is 2.38. The quantitative estimate of drug-likeness (QED) is 0.631. The summed E-state index contributed by atoms with van der Waals surface area (Å²) in [6.45, 7) is 13.8. The second-order valence-electron chi connectivity index (χ2n) is 6.58. The summed E-state index contributed by atoms with van der Waals surface area (Å²) in [5.74, 6) is 0.688. The number of nitrogens with zero attached hydrogens (tertiary/aromatic N) is 3. The van der Waals surface area contributed by atoms with Crippen molar-refractivity contribution in [2.45, 2.75) is 46.1 Å².